The highest BCUT2D eigenvalue weighted by Crippen LogP contribution is 2.35. The Hall–Kier alpha value is -2.58. The summed E-state index contributed by atoms with van der Waals surface area (Å²) in [5.41, 5.74) is 7.95. The third kappa shape index (κ3) is 2.93. The molecule has 0 spiro atoms. The highest BCUT2D eigenvalue weighted by Gasteiger charge is 2.13. The lowest BCUT2D eigenvalue weighted by atomic mass is 10.2. The summed E-state index contributed by atoms with van der Waals surface area (Å²) in [6.45, 7) is 0.790. The number of hydrogen-bond acceptors (Lipinski definition) is 7. The van der Waals surface area contributed by atoms with Crippen molar-refractivity contribution < 1.29 is 0 Å². The maximum atomic E-state index is 5.86. The standard InChI is InChI=1S/C16H15N6S2/c17-16-20-6-8-24(16)7-5-19-15-14-12(21-10-22-15)9-13(23-14)11-1-3-18-4-2-11/h1-4,6,8-10H,5,7H2,(H2,17,20)(H,19,21,22)/q+1. The normalized spacial score (nSPS) is 11.8. The van der Waals surface area contributed by atoms with Crippen molar-refractivity contribution in [3.05, 3.63) is 48.5 Å². The fourth-order valence-corrected chi connectivity index (χ4v) is 4.70. The van der Waals surface area contributed by atoms with E-state index in [1.165, 1.54) is 0 Å². The van der Waals surface area contributed by atoms with Crippen molar-refractivity contribution in [1.29, 1.82) is 0 Å². The van der Waals surface area contributed by atoms with E-state index in [4.69, 9.17) is 5.73 Å². The van der Waals surface area contributed by atoms with E-state index < -0.39 is 0 Å². The largest absolute Gasteiger partial charge is 0.364 e. The zero-order valence-corrected chi connectivity index (χ0v) is 14.3. The second-order valence-corrected chi connectivity index (χ2v) is 8.10. The molecule has 8 heteroatoms. The molecule has 4 heterocycles. The van der Waals surface area contributed by atoms with Gasteiger partial charge in [0.25, 0.3) is 0 Å². The number of nitrogens with one attached hydrogen (secondary N) is 1. The first-order valence-corrected chi connectivity index (χ1v) is 9.67. The molecule has 120 valence electrons. The average molecular weight is 355 g/mol. The molecule has 0 amide bonds. The van der Waals surface area contributed by atoms with E-state index in [9.17, 15) is 0 Å². The second kappa shape index (κ2) is 6.50. The fourth-order valence-electron chi connectivity index (χ4n) is 2.41. The summed E-state index contributed by atoms with van der Waals surface area (Å²) in [5, 5.41) is 6.17. The van der Waals surface area contributed by atoms with Crippen LogP contribution < -0.4 is 11.1 Å². The summed E-state index contributed by atoms with van der Waals surface area (Å²) in [4.78, 5) is 18.1. The molecule has 0 saturated heterocycles. The second-order valence-electron chi connectivity index (χ2n) is 5.10. The Bertz CT molecular complexity index is 963. The van der Waals surface area contributed by atoms with Crippen molar-refractivity contribution in [2.75, 3.05) is 17.6 Å². The van der Waals surface area contributed by atoms with Crippen LogP contribution in [0.4, 0.5) is 10.9 Å². The van der Waals surface area contributed by atoms with Crippen molar-refractivity contribution in [3.63, 3.8) is 0 Å². The molecule has 0 aliphatic carbocycles. The molecule has 0 fully saturated rings. The number of nitrogen functional groups attached to an aromatic ring is 1. The SMILES string of the molecule is Nc1ncc[s+]1CCNc1ncnc2cc(-c3ccncc3)sc12. The van der Waals surface area contributed by atoms with Crippen molar-refractivity contribution in [3.8, 4) is 10.4 Å². The summed E-state index contributed by atoms with van der Waals surface area (Å²) >= 11 is 1.68. The Morgan fingerprint density at radius 3 is 2.79 bits per heavy atom. The third-order valence-corrected chi connectivity index (χ3v) is 6.50. The van der Waals surface area contributed by atoms with Gasteiger partial charge in [0, 0.05) is 27.7 Å². The predicted octanol–water partition coefficient (Wildman–Crippen LogP) is 3.59. The molecule has 0 saturated carbocycles. The fraction of sp³-hybridized carbons (Fsp3) is 0.125. The Labute approximate surface area is 145 Å². The maximum absolute atomic E-state index is 5.86. The molecule has 1 unspecified atom stereocenters. The van der Waals surface area contributed by atoms with Gasteiger partial charge in [-0.25, -0.2) is 9.97 Å². The van der Waals surface area contributed by atoms with Crippen LogP contribution in [-0.4, -0.2) is 26.5 Å². The van der Waals surface area contributed by atoms with Crippen LogP contribution in [0.15, 0.2) is 48.5 Å². The molecule has 6 nitrogen and oxygen atoms in total. The van der Waals surface area contributed by atoms with E-state index in [2.05, 4.69) is 36.7 Å². The lowest BCUT2D eigenvalue weighted by Gasteiger charge is -2.02. The summed E-state index contributed by atoms with van der Waals surface area (Å²) in [6, 6.07) is 6.09. The molecule has 0 radical (unpaired) electrons. The van der Waals surface area contributed by atoms with E-state index in [-0.39, 0.29) is 10.5 Å². The minimum Gasteiger partial charge on any atom is -0.364 e. The summed E-state index contributed by atoms with van der Waals surface area (Å²) in [5.74, 6) is 1.78. The quantitative estimate of drug-likeness (QED) is 0.532. The first-order valence-electron chi connectivity index (χ1n) is 7.40. The number of anilines is 2. The van der Waals surface area contributed by atoms with Gasteiger partial charge in [0.15, 0.2) is 5.38 Å². The molecule has 3 N–H and O–H groups in total. The van der Waals surface area contributed by atoms with Crippen LogP contribution in [0.2, 0.25) is 0 Å². The Morgan fingerprint density at radius 1 is 1.12 bits per heavy atom. The minimum absolute atomic E-state index is 0.0661. The molecule has 0 aromatic carbocycles. The lowest BCUT2D eigenvalue weighted by molar-refractivity contribution is 1.11. The van der Waals surface area contributed by atoms with Crippen molar-refractivity contribution >= 4 is 43.0 Å². The lowest BCUT2D eigenvalue weighted by Crippen LogP contribution is -2.04. The van der Waals surface area contributed by atoms with E-state index in [1.807, 2.05) is 12.1 Å². The molecule has 4 aromatic rings. The van der Waals surface area contributed by atoms with Gasteiger partial charge in [-0.2, -0.15) is 4.98 Å². The topological polar surface area (TPSA) is 89.6 Å². The van der Waals surface area contributed by atoms with Gasteiger partial charge < -0.3 is 11.1 Å². The van der Waals surface area contributed by atoms with Gasteiger partial charge in [-0.3, -0.25) is 4.98 Å². The number of nitrogens with zero attached hydrogens (tertiary/aromatic N) is 4. The monoisotopic (exact) mass is 355 g/mol. The van der Waals surface area contributed by atoms with Crippen LogP contribution >= 0.6 is 21.8 Å². The Morgan fingerprint density at radius 2 is 2.00 bits per heavy atom. The van der Waals surface area contributed by atoms with Gasteiger partial charge in [-0.05, 0) is 23.8 Å². The van der Waals surface area contributed by atoms with Gasteiger partial charge in [0.2, 0.25) is 0 Å². The molecular formula is C16H15N6S2+. The van der Waals surface area contributed by atoms with Crippen LogP contribution in [-0.2, 0) is 5.75 Å². The molecule has 24 heavy (non-hydrogen) atoms. The van der Waals surface area contributed by atoms with Crippen LogP contribution in [0.25, 0.3) is 20.7 Å². The van der Waals surface area contributed by atoms with Crippen molar-refractivity contribution in [2.45, 2.75) is 5.75 Å². The van der Waals surface area contributed by atoms with Crippen molar-refractivity contribution in [2.24, 2.45) is 0 Å². The summed E-state index contributed by atoms with van der Waals surface area (Å²) < 4.78 is 1.07. The number of thiazole rings is 1. The summed E-state index contributed by atoms with van der Waals surface area (Å²) in [6.07, 6.45) is 6.97. The van der Waals surface area contributed by atoms with E-state index >= 15 is 0 Å². The minimum atomic E-state index is -0.0661. The van der Waals surface area contributed by atoms with Gasteiger partial charge in [0.1, 0.15) is 17.9 Å². The average Bonchev–Trinajstić information content (AvgIpc) is 3.23. The number of rotatable bonds is 5. The number of thiophene rings is 1. The van der Waals surface area contributed by atoms with Crippen LogP contribution in [0.3, 0.4) is 0 Å². The molecule has 0 aliphatic rings. The zero-order chi connectivity index (χ0) is 16.4. The number of nitrogens with two attached hydrogens (primary N) is 1. The highest BCUT2D eigenvalue weighted by molar-refractivity contribution is 7.32. The summed E-state index contributed by atoms with van der Waals surface area (Å²) in [7, 11) is -0.0661. The maximum Gasteiger partial charge on any atom is 0.337 e. The number of aromatic nitrogens is 4. The highest BCUT2D eigenvalue weighted by atomic mass is 32.2. The smallest absolute Gasteiger partial charge is 0.337 e. The van der Waals surface area contributed by atoms with Crippen molar-refractivity contribution in [1.82, 2.24) is 19.9 Å². The first-order chi connectivity index (χ1) is 11.8. The van der Waals surface area contributed by atoms with E-state index in [0.717, 1.165) is 38.8 Å². The van der Waals surface area contributed by atoms with Crippen LogP contribution in [0, 0.1) is 0 Å². The van der Waals surface area contributed by atoms with Gasteiger partial charge >= 0.3 is 5.13 Å². The molecule has 0 aliphatic heterocycles. The Kier molecular flexibility index (Phi) is 4.06. The zero-order valence-electron chi connectivity index (χ0n) is 12.7. The van der Waals surface area contributed by atoms with Gasteiger partial charge in [0.05, 0.1) is 23.0 Å². The van der Waals surface area contributed by atoms with E-state index in [1.54, 1.807) is 36.3 Å². The molecule has 1 atom stereocenters. The van der Waals surface area contributed by atoms with Crippen LogP contribution in [0.5, 0.6) is 0 Å². The third-order valence-electron chi connectivity index (χ3n) is 3.59. The molecular weight excluding hydrogens is 340 g/mol. The van der Waals surface area contributed by atoms with Crippen LogP contribution in [0.1, 0.15) is 0 Å². The molecule has 4 aromatic heterocycles. The first kappa shape index (κ1) is 15.0. The van der Waals surface area contributed by atoms with Gasteiger partial charge in [-0.15, -0.1) is 11.3 Å². The Balaban J connectivity index is 1.57. The number of fused-ring (bicyclic) bond motifs is 1. The molecule has 0 bridgehead atoms. The van der Waals surface area contributed by atoms with Gasteiger partial charge in [-0.1, -0.05) is 0 Å². The number of hydrogen-bond donors (Lipinski definition) is 2. The predicted molar refractivity (Wildman–Crippen MR) is 100 cm³/mol. The van der Waals surface area contributed by atoms with E-state index in [0.29, 0.717) is 5.13 Å². The molecule has 4 rings (SSSR count). The number of pyridine rings is 1.